The van der Waals surface area contributed by atoms with Crippen LogP contribution in [-0.4, -0.2) is 46.4 Å². The summed E-state index contributed by atoms with van der Waals surface area (Å²) in [6.45, 7) is 15.7. The maximum absolute atomic E-state index is 13.2. The second-order valence-electron chi connectivity index (χ2n) is 11.6. The highest BCUT2D eigenvalue weighted by Crippen LogP contribution is 2.48. The molecular weight excluding hydrogens is 568 g/mol. The largest absolute Gasteiger partial charge is 0.510 e. The number of methoxy groups -OCH3 is 1. The fourth-order valence-electron chi connectivity index (χ4n) is 6.44. The number of aliphatic imine (C=N–C) groups is 3. The number of hydrogen-bond donors (Lipinski definition) is 3. The number of allylic oxidation sites excluding steroid dienone is 12. The first-order valence-corrected chi connectivity index (χ1v) is 14.9. The Morgan fingerprint density at radius 3 is 2.27 bits per heavy atom. The Balaban J connectivity index is 1.90. The Morgan fingerprint density at radius 1 is 0.978 bits per heavy atom. The molecule has 5 aliphatic rings. The zero-order valence-electron chi connectivity index (χ0n) is 26.8. The van der Waals surface area contributed by atoms with Crippen molar-refractivity contribution >= 4 is 29.1 Å². The van der Waals surface area contributed by atoms with E-state index >= 15 is 0 Å². The van der Waals surface area contributed by atoms with Crippen molar-refractivity contribution in [2.75, 3.05) is 7.11 Å². The average Bonchev–Trinajstić information content (AvgIpc) is 3.67. The third-order valence-electron chi connectivity index (χ3n) is 9.11. The molecule has 45 heavy (non-hydrogen) atoms. The summed E-state index contributed by atoms with van der Waals surface area (Å²) in [6, 6.07) is 0. The van der Waals surface area contributed by atoms with Crippen molar-refractivity contribution < 1.29 is 24.5 Å². The van der Waals surface area contributed by atoms with Gasteiger partial charge in [0.05, 0.1) is 41.3 Å². The minimum absolute atomic E-state index is 0.141. The molecular formula is C36H38N4O5. The Bertz CT molecular complexity index is 1880. The summed E-state index contributed by atoms with van der Waals surface area (Å²) in [6.07, 6.45) is 8.16. The van der Waals surface area contributed by atoms with Crippen LogP contribution < -0.4 is 5.73 Å². The lowest BCUT2D eigenvalue weighted by Crippen LogP contribution is -2.21. The van der Waals surface area contributed by atoms with Crippen molar-refractivity contribution in [1.29, 1.82) is 0 Å². The molecule has 0 amide bonds. The van der Waals surface area contributed by atoms with Gasteiger partial charge in [-0.25, -0.2) is 15.0 Å². The lowest BCUT2D eigenvalue weighted by molar-refractivity contribution is -0.143. The van der Waals surface area contributed by atoms with E-state index in [1.807, 2.05) is 52.8 Å². The minimum atomic E-state index is -1.16. The van der Waals surface area contributed by atoms with Gasteiger partial charge in [0, 0.05) is 28.8 Å². The van der Waals surface area contributed by atoms with Crippen molar-refractivity contribution in [3.63, 3.8) is 0 Å². The molecule has 1 unspecified atom stereocenters. The SMILES string of the molecule is C=CC1=C(C)C(C)=CC2=NC(=C3C4=NC(=C(C)C4=C(O)C3C(=O)OC)C=C3N=C(C=C1N)C(C)=C3CC)C(CCC(=O)O)=C2C. The summed E-state index contributed by atoms with van der Waals surface area (Å²) < 4.78 is 5.14. The first-order chi connectivity index (χ1) is 21.3. The first kappa shape index (κ1) is 31.4. The number of carbonyl (C=O) groups is 2. The number of aliphatic carboxylic acids is 1. The molecule has 4 N–H and O–H groups in total. The van der Waals surface area contributed by atoms with E-state index in [9.17, 15) is 19.8 Å². The van der Waals surface area contributed by atoms with Gasteiger partial charge in [0.15, 0.2) is 0 Å². The Labute approximate surface area is 263 Å². The molecule has 0 spiro atoms. The Kier molecular flexibility index (Phi) is 8.23. The molecule has 232 valence electrons. The van der Waals surface area contributed by atoms with Gasteiger partial charge in [-0.1, -0.05) is 19.6 Å². The average molecular weight is 607 g/mol. The summed E-state index contributed by atoms with van der Waals surface area (Å²) in [5.74, 6) is -2.94. The van der Waals surface area contributed by atoms with Crippen molar-refractivity contribution in [3.05, 3.63) is 115 Å². The topological polar surface area (TPSA) is 147 Å². The van der Waals surface area contributed by atoms with E-state index in [1.54, 1.807) is 6.08 Å². The van der Waals surface area contributed by atoms with Crippen molar-refractivity contribution in [1.82, 2.24) is 0 Å². The number of aliphatic hydroxyl groups is 1. The predicted molar refractivity (Wildman–Crippen MR) is 177 cm³/mol. The van der Waals surface area contributed by atoms with Gasteiger partial charge < -0.3 is 20.7 Å². The summed E-state index contributed by atoms with van der Waals surface area (Å²) in [5, 5.41) is 21.2. The fraction of sp³-hybridized carbons (Fsp3) is 0.306. The fourth-order valence-corrected chi connectivity index (χ4v) is 6.44. The third kappa shape index (κ3) is 5.12. The van der Waals surface area contributed by atoms with Crippen LogP contribution in [0.15, 0.2) is 130 Å². The number of ether oxygens (including phenoxy) is 1. The van der Waals surface area contributed by atoms with Crippen LogP contribution >= 0.6 is 0 Å². The molecule has 9 heteroatoms. The maximum Gasteiger partial charge on any atom is 0.321 e. The number of nitrogens with zero attached hydrogens (tertiary/aromatic N) is 3. The molecule has 0 aromatic rings. The molecule has 4 heterocycles. The number of carboxylic acid groups (broad SMARTS) is 1. The summed E-state index contributed by atoms with van der Waals surface area (Å²) in [7, 11) is 1.27. The molecule has 1 aliphatic carbocycles. The van der Waals surface area contributed by atoms with Crippen LogP contribution in [0.5, 0.6) is 0 Å². The predicted octanol–water partition coefficient (Wildman–Crippen LogP) is 6.59. The standard InChI is InChI=1S/C36H38N4O5/c1-9-21-17(4)16(3)13-25-19(6)23(11-12-29(41)42)33(39-25)31-32(36(44)45-8)35(43)30-20(7)27(40-34(30)31)15-28-22(10-2)18(5)26(38-28)14-24(21)37/h9,13-15,32,43H,1,10-12,37H2,2-8H3,(H,41,42). The number of aliphatic hydroxyl groups excluding tert-OH is 1. The zero-order valence-corrected chi connectivity index (χ0v) is 26.8. The Hall–Kier alpha value is -5.05. The number of hydrogen-bond acceptors (Lipinski definition) is 8. The summed E-state index contributed by atoms with van der Waals surface area (Å²) >= 11 is 0. The smallest absolute Gasteiger partial charge is 0.321 e. The van der Waals surface area contributed by atoms with Crippen molar-refractivity contribution in [3.8, 4) is 0 Å². The number of fused-ring (bicyclic) bond motifs is 3. The number of esters is 1. The van der Waals surface area contributed by atoms with Crippen LogP contribution in [-0.2, 0) is 14.3 Å². The van der Waals surface area contributed by atoms with Gasteiger partial charge >= 0.3 is 11.9 Å². The van der Waals surface area contributed by atoms with Gasteiger partial charge in [0.2, 0.25) is 0 Å². The quantitative estimate of drug-likeness (QED) is 0.291. The third-order valence-corrected chi connectivity index (χ3v) is 9.11. The van der Waals surface area contributed by atoms with Gasteiger partial charge in [0.25, 0.3) is 0 Å². The normalized spacial score (nSPS) is 21.6. The highest BCUT2D eigenvalue weighted by Gasteiger charge is 2.47. The number of carboxylic acids is 1. The van der Waals surface area contributed by atoms with Crippen LogP contribution in [0.4, 0.5) is 0 Å². The van der Waals surface area contributed by atoms with Crippen LogP contribution in [0.1, 0.15) is 60.8 Å². The van der Waals surface area contributed by atoms with Gasteiger partial charge in [-0.2, -0.15) is 0 Å². The van der Waals surface area contributed by atoms with Crippen molar-refractivity contribution in [2.45, 2.75) is 60.8 Å². The van der Waals surface area contributed by atoms with E-state index in [0.717, 1.165) is 51.3 Å². The summed E-state index contributed by atoms with van der Waals surface area (Å²) in [5.41, 5.74) is 18.3. The van der Waals surface area contributed by atoms with Crippen LogP contribution in [0.3, 0.4) is 0 Å². The molecule has 4 aliphatic heterocycles. The maximum atomic E-state index is 13.2. The molecule has 5 rings (SSSR count). The molecule has 0 radical (unpaired) electrons. The lowest BCUT2D eigenvalue weighted by atomic mass is 9.91. The van der Waals surface area contributed by atoms with Crippen LogP contribution in [0, 0.1) is 5.92 Å². The van der Waals surface area contributed by atoms with Gasteiger partial charge in [-0.15, -0.1) is 0 Å². The molecule has 0 saturated heterocycles. The molecule has 0 saturated carbocycles. The van der Waals surface area contributed by atoms with Gasteiger partial charge in [-0.05, 0) is 105 Å². The molecule has 0 aromatic carbocycles. The van der Waals surface area contributed by atoms with E-state index in [1.165, 1.54) is 7.11 Å². The second-order valence-corrected chi connectivity index (χ2v) is 11.6. The number of nitrogens with two attached hydrogens (primary N) is 1. The zero-order chi connectivity index (χ0) is 32.9. The van der Waals surface area contributed by atoms with E-state index in [0.29, 0.717) is 50.8 Å². The van der Waals surface area contributed by atoms with E-state index in [4.69, 9.17) is 25.4 Å². The highest BCUT2D eigenvalue weighted by molar-refractivity contribution is 6.25. The van der Waals surface area contributed by atoms with Gasteiger partial charge in [0.1, 0.15) is 11.7 Å². The summed E-state index contributed by atoms with van der Waals surface area (Å²) in [4.78, 5) is 39.8. The molecule has 9 nitrogen and oxygen atoms in total. The number of rotatable bonds is 6. The van der Waals surface area contributed by atoms with E-state index in [-0.39, 0.29) is 18.6 Å². The van der Waals surface area contributed by atoms with E-state index < -0.39 is 17.9 Å². The lowest BCUT2D eigenvalue weighted by Gasteiger charge is -2.15. The van der Waals surface area contributed by atoms with Crippen molar-refractivity contribution in [2.24, 2.45) is 26.6 Å². The monoisotopic (exact) mass is 606 g/mol. The van der Waals surface area contributed by atoms with Crippen LogP contribution in [0.25, 0.3) is 0 Å². The van der Waals surface area contributed by atoms with E-state index in [2.05, 4.69) is 13.5 Å². The first-order valence-electron chi connectivity index (χ1n) is 14.9. The molecule has 1 atom stereocenters. The second kappa shape index (κ2) is 11.8. The molecule has 0 fully saturated rings. The number of carbonyl (C=O) groups excluding carboxylic acids is 1. The Morgan fingerprint density at radius 2 is 1.64 bits per heavy atom. The molecule has 0 aromatic heterocycles. The highest BCUT2D eigenvalue weighted by atomic mass is 16.5. The van der Waals surface area contributed by atoms with Crippen LogP contribution in [0.2, 0.25) is 0 Å². The minimum Gasteiger partial charge on any atom is -0.510 e. The van der Waals surface area contributed by atoms with Gasteiger partial charge in [-0.3, -0.25) is 9.59 Å². The molecule has 6 bridgehead atoms.